The first-order chi connectivity index (χ1) is 12.4. The Balaban J connectivity index is 1.89. The van der Waals surface area contributed by atoms with Gasteiger partial charge in [0.05, 0.1) is 17.5 Å². The minimum Gasteiger partial charge on any atom is -0.439 e. The molecule has 1 N–H and O–H groups in total. The molecule has 2 aromatic carbocycles. The number of benzene rings is 2. The molecule has 8 heteroatoms. The van der Waals surface area contributed by atoms with E-state index in [-0.39, 0.29) is 18.0 Å². The lowest BCUT2D eigenvalue weighted by Crippen LogP contribution is -2.40. The molecular formula is C18H18N2O5S. The number of hydrogen-bond acceptors (Lipinski definition) is 5. The molecule has 0 radical (unpaired) electrons. The quantitative estimate of drug-likeness (QED) is 0.835. The first-order valence-electron chi connectivity index (χ1n) is 7.98. The zero-order valence-corrected chi connectivity index (χ0v) is 14.9. The first kappa shape index (κ1) is 18.1. The highest BCUT2D eigenvalue weighted by Crippen LogP contribution is 2.21. The number of sulfonamides is 1. The Kier molecular flexibility index (Phi) is 5.06. The van der Waals surface area contributed by atoms with Gasteiger partial charge in [-0.25, -0.2) is 22.8 Å². The van der Waals surface area contributed by atoms with E-state index in [1.54, 1.807) is 42.5 Å². The fourth-order valence-corrected chi connectivity index (χ4v) is 3.82. The van der Waals surface area contributed by atoms with Gasteiger partial charge in [-0.2, -0.15) is 0 Å². The number of nitrogens with zero attached hydrogens (tertiary/aromatic N) is 1. The fraction of sp³-hybridized carbons (Fsp3) is 0.222. The summed E-state index contributed by atoms with van der Waals surface area (Å²) in [6, 6.07) is 14.4. The summed E-state index contributed by atoms with van der Waals surface area (Å²) in [5.41, 5.74) is 1.57. The van der Waals surface area contributed by atoms with Gasteiger partial charge in [0.25, 0.3) is 5.91 Å². The standard InChI is InChI=1S/C18H18N2O5S/c1-13-7-9-15(10-8-13)26(23,24)19-16(14-5-3-2-4-6-14)11-20-17(21)12-25-18(20)22/h2-10,16,19H,11-12H2,1H3. The zero-order valence-electron chi connectivity index (χ0n) is 14.1. The van der Waals surface area contributed by atoms with Gasteiger partial charge >= 0.3 is 6.09 Å². The van der Waals surface area contributed by atoms with Crippen LogP contribution in [0.1, 0.15) is 17.2 Å². The van der Waals surface area contributed by atoms with Gasteiger partial charge in [-0.15, -0.1) is 0 Å². The minimum absolute atomic E-state index is 0.111. The molecule has 1 saturated heterocycles. The molecular weight excluding hydrogens is 356 g/mol. The summed E-state index contributed by atoms with van der Waals surface area (Å²) in [6.07, 6.45) is -0.773. The number of aryl methyl sites for hydroxylation is 1. The zero-order chi connectivity index (χ0) is 18.7. The summed E-state index contributed by atoms with van der Waals surface area (Å²) >= 11 is 0. The molecule has 1 fully saturated rings. The van der Waals surface area contributed by atoms with Gasteiger partial charge in [0.15, 0.2) is 6.61 Å². The number of ether oxygens (including phenoxy) is 1. The summed E-state index contributed by atoms with van der Waals surface area (Å²) in [5.74, 6) is -0.495. The van der Waals surface area contributed by atoms with Crippen molar-refractivity contribution in [3.05, 3.63) is 65.7 Å². The number of nitrogens with one attached hydrogen (secondary N) is 1. The van der Waals surface area contributed by atoms with E-state index < -0.39 is 28.1 Å². The molecule has 1 aliphatic rings. The minimum atomic E-state index is -3.84. The van der Waals surface area contributed by atoms with Crippen LogP contribution in [0.4, 0.5) is 4.79 Å². The predicted octanol–water partition coefficient (Wildman–Crippen LogP) is 1.99. The van der Waals surface area contributed by atoms with Crippen molar-refractivity contribution in [2.75, 3.05) is 13.2 Å². The Morgan fingerprint density at radius 2 is 1.73 bits per heavy atom. The highest BCUT2D eigenvalue weighted by Gasteiger charge is 2.34. The molecule has 0 saturated carbocycles. The van der Waals surface area contributed by atoms with Crippen molar-refractivity contribution in [3.63, 3.8) is 0 Å². The largest absolute Gasteiger partial charge is 0.439 e. The van der Waals surface area contributed by atoms with E-state index in [2.05, 4.69) is 4.72 Å². The summed E-state index contributed by atoms with van der Waals surface area (Å²) in [7, 11) is -3.84. The summed E-state index contributed by atoms with van der Waals surface area (Å²) in [6.45, 7) is 1.39. The summed E-state index contributed by atoms with van der Waals surface area (Å²) < 4.78 is 32.8. The average molecular weight is 374 g/mol. The predicted molar refractivity (Wildman–Crippen MR) is 93.7 cm³/mol. The van der Waals surface area contributed by atoms with Gasteiger partial charge < -0.3 is 4.74 Å². The van der Waals surface area contributed by atoms with Crippen molar-refractivity contribution < 1.29 is 22.7 Å². The van der Waals surface area contributed by atoms with E-state index in [1.165, 1.54) is 12.1 Å². The van der Waals surface area contributed by atoms with Crippen LogP contribution in [0, 0.1) is 6.92 Å². The van der Waals surface area contributed by atoms with Crippen LogP contribution in [-0.4, -0.2) is 38.5 Å². The molecule has 2 amide bonds. The Hall–Kier alpha value is -2.71. The highest BCUT2D eigenvalue weighted by molar-refractivity contribution is 7.89. The normalized spacial score (nSPS) is 15.8. The van der Waals surface area contributed by atoms with Crippen LogP contribution in [0.2, 0.25) is 0 Å². The van der Waals surface area contributed by atoms with Crippen LogP contribution in [0.25, 0.3) is 0 Å². The SMILES string of the molecule is Cc1ccc(S(=O)(=O)NC(CN2C(=O)COC2=O)c2ccccc2)cc1. The molecule has 136 valence electrons. The molecule has 26 heavy (non-hydrogen) atoms. The van der Waals surface area contributed by atoms with Crippen LogP contribution < -0.4 is 4.72 Å². The molecule has 0 aliphatic carbocycles. The highest BCUT2D eigenvalue weighted by atomic mass is 32.2. The van der Waals surface area contributed by atoms with Crippen molar-refractivity contribution in [3.8, 4) is 0 Å². The Morgan fingerprint density at radius 1 is 1.08 bits per heavy atom. The molecule has 7 nitrogen and oxygen atoms in total. The van der Waals surface area contributed by atoms with Gasteiger partial charge in [0.1, 0.15) is 0 Å². The van der Waals surface area contributed by atoms with Gasteiger partial charge in [-0.05, 0) is 24.6 Å². The summed E-state index contributed by atoms with van der Waals surface area (Å²) in [5, 5.41) is 0. The van der Waals surface area contributed by atoms with E-state index in [0.717, 1.165) is 10.5 Å². The molecule has 0 aromatic heterocycles. The van der Waals surface area contributed by atoms with E-state index in [9.17, 15) is 18.0 Å². The van der Waals surface area contributed by atoms with E-state index >= 15 is 0 Å². The molecule has 3 rings (SSSR count). The van der Waals surface area contributed by atoms with Gasteiger partial charge in [-0.1, -0.05) is 48.0 Å². The third-order valence-electron chi connectivity index (χ3n) is 4.04. The second kappa shape index (κ2) is 7.27. The van der Waals surface area contributed by atoms with Crippen molar-refractivity contribution in [1.29, 1.82) is 0 Å². The van der Waals surface area contributed by atoms with Gasteiger partial charge in [-0.3, -0.25) is 4.79 Å². The lowest BCUT2D eigenvalue weighted by atomic mass is 10.1. The smallest absolute Gasteiger partial charge is 0.417 e. The maximum absolute atomic E-state index is 12.7. The number of carbonyl (C=O) groups excluding carboxylic acids is 2. The van der Waals surface area contributed by atoms with Crippen molar-refractivity contribution in [1.82, 2.24) is 9.62 Å². The van der Waals surface area contributed by atoms with Crippen LogP contribution in [0.5, 0.6) is 0 Å². The third kappa shape index (κ3) is 3.92. The van der Waals surface area contributed by atoms with Gasteiger partial charge in [0.2, 0.25) is 10.0 Å². The van der Waals surface area contributed by atoms with Crippen LogP contribution in [0.3, 0.4) is 0 Å². The first-order valence-corrected chi connectivity index (χ1v) is 9.46. The maximum atomic E-state index is 12.7. The number of imide groups is 1. The van der Waals surface area contributed by atoms with Crippen LogP contribution in [-0.2, 0) is 19.6 Å². The molecule has 1 atom stereocenters. The Labute approximate surface area is 151 Å². The van der Waals surface area contributed by atoms with Crippen molar-refractivity contribution >= 4 is 22.0 Å². The lowest BCUT2D eigenvalue weighted by molar-refractivity contribution is -0.126. The number of cyclic esters (lactones) is 1. The third-order valence-corrected chi connectivity index (χ3v) is 5.52. The second-order valence-corrected chi connectivity index (χ2v) is 7.67. The molecule has 1 aliphatic heterocycles. The van der Waals surface area contributed by atoms with E-state index in [1.807, 2.05) is 6.92 Å². The number of carbonyl (C=O) groups is 2. The number of hydrogen-bond donors (Lipinski definition) is 1. The van der Waals surface area contributed by atoms with E-state index in [4.69, 9.17) is 4.74 Å². The molecule has 0 spiro atoms. The van der Waals surface area contributed by atoms with Crippen molar-refractivity contribution in [2.24, 2.45) is 0 Å². The van der Waals surface area contributed by atoms with Crippen LogP contribution >= 0.6 is 0 Å². The topological polar surface area (TPSA) is 92.8 Å². The second-order valence-electron chi connectivity index (χ2n) is 5.96. The summed E-state index contributed by atoms with van der Waals surface area (Å²) in [4.78, 5) is 24.6. The lowest BCUT2D eigenvalue weighted by Gasteiger charge is -2.22. The fourth-order valence-electron chi connectivity index (χ4n) is 2.61. The monoisotopic (exact) mass is 374 g/mol. The van der Waals surface area contributed by atoms with Gasteiger partial charge in [0, 0.05) is 0 Å². The Morgan fingerprint density at radius 3 is 2.31 bits per heavy atom. The van der Waals surface area contributed by atoms with Crippen LogP contribution in [0.15, 0.2) is 59.5 Å². The maximum Gasteiger partial charge on any atom is 0.417 e. The average Bonchev–Trinajstić information content (AvgIpc) is 2.94. The molecule has 0 bridgehead atoms. The number of rotatable bonds is 6. The molecule has 2 aromatic rings. The molecule has 1 unspecified atom stereocenters. The van der Waals surface area contributed by atoms with E-state index in [0.29, 0.717) is 5.56 Å². The van der Waals surface area contributed by atoms with Crippen molar-refractivity contribution in [2.45, 2.75) is 17.9 Å². The molecule has 1 heterocycles. The number of amides is 2. The Bertz CT molecular complexity index is 894.